The smallest absolute Gasteiger partial charge is 0.335 e. The predicted octanol–water partition coefficient (Wildman–Crippen LogP) is 3.03. The maximum atomic E-state index is 10.7. The van der Waals surface area contributed by atoms with Gasteiger partial charge in [0.05, 0.1) is 12.2 Å². The minimum absolute atomic E-state index is 0.292. The number of rotatable bonds is 7. The van der Waals surface area contributed by atoms with Gasteiger partial charge in [-0.3, -0.25) is 0 Å². The van der Waals surface area contributed by atoms with Crippen LogP contribution in [-0.2, 0) is 0 Å². The minimum Gasteiger partial charge on any atom is -0.494 e. The van der Waals surface area contributed by atoms with Gasteiger partial charge in [0.2, 0.25) is 0 Å². The van der Waals surface area contributed by atoms with E-state index in [0.717, 1.165) is 24.8 Å². The molecule has 1 aromatic carbocycles. The first kappa shape index (κ1) is 14.9. The number of hydrogen-bond acceptors (Lipinski definition) is 3. The van der Waals surface area contributed by atoms with E-state index in [-0.39, 0.29) is 0 Å². The fourth-order valence-electron chi connectivity index (χ4n) is 2.80. The second kappa shape index (κ2) is 7.29. The fraction of sp³-hybridized carbons (Fsp3) is 0.562. The molecule has 1 fully saturated rings. The molecule has 0 radical (unpaired) electrons. The number of ether oxygens (including phenoxy) is 1. The van der Waals surface area contributed by atoms with E-state index in [1.807, 2.05) is 0 Å². The highest BCUT2D eigenvalue weighted by Crippen LogP contribution is 2.20. The normalized spacial score (nSPS) is 19.1. The third-order valence-corrected chi connectivity index (χ3v) is 3.93. The largest absolute Gasteiger partial charge is 0.494 e. The van der Waals surface area contributed by atoms with Crippen LogP contribution >= 0.6 is 0 Å². The van der Waals surface area contributed by atoms with E-state index >= 15 is 0 Å². The highest BCUT2D eigenvalue weighted by molar-refractivity contribution is 5.87. The molecule has 1 aliphatic rings. The lowest BCUT2D eigenvalue weighted by Gasteiger charge is -2.23. The zero-order valence-electron chi connectivity index (χ0n) is 12.0. The molecule has 110 valence electrons. The first-order valence-electron chi connectivity index (χ1n) is 7.41. The molecule has 0 aliphatic carbocycles. The van der Waals surface area contributed by atoms with Gasteiger partial charge < -0.3 is 14.7 Å². The first-order valence-corrected chi connectivity index (χ1v) is 7.41. The van der Waals surface area contributed by atoms with Crippen molar-refractivity contribution in [3.05, 3.63) is 29.8 Å². The van der Waals surface area contributed by atoms with Crippen molar-refractivity contribution in [3.8, 4) is 5.75 Å². The van der Waals surface area contributed by atoms with Crippen LogP contribution in [0.1, 0.15) is 43.0 Å². The Labute approximate surface area is 120 Å². The van der Waals surface area contributed by atoms with Crippen LogP contribution in [0.5, 0.6) is 5.75 Å². The average Bonchev–Trinajstić information content (AvgIpc) is 2.91. The number of carbonyl (C=O) groups is 1. The molecule has 1 aliphatic heterocycles. The van der Waals surface area contributed by atoms with Crippen molar-refractivity contribution in [2.75, 3.05) is 19.7 Å². The summed E-state index contributed by atoms with van der Waals surface area (Å²) in [5.41, 5.74) is 0.292. The summed E-state index contributed by atoms with van der Waals surface area (Å²) in [6, 6.07) is 7.34. The van der Waals surface area contributed by atoms with Gasteiger partial charge in [-0.15, -0.1) is 0 Å². The molecular weight excluding hydrogens is 254 g/mol. The Bertz CT molecular complexity index is 430. The first-order chi connectivity index (χ1) is 9.70. The highest BCUT2D eigenvalue weighted by Gasteiger charge is 2.21. The van der Waals surface area contributed by atoms with Gasteiger partial charge in [0.15, 0.2) is 0 Å². The van der Waals surface area contributed by atoms with Gasteiger partial charge in [0.25, 0.3) is 0 Å². The van der Waals surface area contributed by atoms with E-state index in [1.54, 1.807) is 24.3 Å². The van der Waals surface area contributed by atoms with Crippen LogP contribution in [-0.4, -0.2) is 41.7 Å². The monoisotopic (exact) mass is 277 g/mol. The summed E-state index contributed by atoms with van der Waals surface area (Å²) in [5, 5.41) is 8.81. The van der Waals surface area contributed by atoms with Gasteiger partial charge in [-0.2, -0.15) is 0 Å². The molecule has 0 aromatic heterocycles. The summed E-state index contributed by atoms with van der Waals surface area (Å²) < 4.78 is 5.65. The molecule has 0 spiro atoms. The van der Waals surface area contributed by atoms with Crippen molar-refractivity contribution in [2.24, 2.45) is 0 Å². The van der Waals surface area contributed by atoms with E-state index in [0.29, 0.717) is 12.2 Å². The van der Waals surface area contributed by atoms with Crippen LogP contribution in [0.2, 0.25) is 0 Å². The molecule has 0 saturated carbocycles. The summed E-state index contributed by atoms with van der Waals surface area (Å²) in [7, 11) is 0. The van der Waals surface area contributed by atoms with Crippen LogP contribution in [0.4, 0.5) is 0 Å². The van der Waals surface area contributed by atoms with Gasteiger partial charge in [0.1, 0.15) is 5.75 Å². The van der Waals surface area contributed by atoms with Crippen molar-refractivity contribution in [3.63, 3.8) is 0 Å². The molecule has 1 heterocycles. The Morgan fingerprint density at radius 3 is 2.80 bits per heavy atom. The topological polar surface area (TPSA) is 49.8 Å². The van der Waals surface area contributed by atoms with E-state index in [1.165, 1.54) is 25.8 Å². The van der Waals surface area contributed by atoms with E-state index in [9.17, 15) is 4.79 Å². The molecule has 1 aromatic rings. The van der Waals surface area contributed by atoms with Crippen LogP contribution in [0, 0.1) is 0 Å². The molecule has 1 saturated heterocycles. The third kappa shape index (κ3) is 3.97. The molecule has 4 heteroatoms. The molecular formula is C16H23NO3. The molecule has 4 nitrogen and oxygen atoms in total. The summed E-state index contributed by atoms with van der Waals surface area (Å²) >= 11 is 0. The van der Waals surface area contributed by atoms with E-state index < -0.39 is 5.97 Å². The van der Waals surface area contributed by atoms with Crippen LogP contribution in [0.25, 0.3) is 0 Å². The predicted molar refractivity (Wildman–Crippen MR) is 78.4 cm³/mol. The number of benzene rings is 1. The second-order valence-electron chi connectivity index (χ2n) is 5.27. The Morgan fingerprint density at radius 1 is 1.40 bits per heavy atom. The van der Waals surface area contributed by atoms with Gasteiger partial charge >= 0.3 is 5.97 Å². The summed E-state index contributed by atoms with van der Waals surface area (Å²) in [6.07, 6.45) is 4.89. The quantitative estimate of drug-likeness (QED) is 0.778. The number of hydrogen-bond donors (Lipinski definition) is 1. The number of aromatic carboxylic acids is 1. The van der Waals surface area contributed by atoms with Crippen LogP contribution < -0.4 is 4.74 Å². The summed E-state index contributed by atoms with van der Waals surface area (Å²) in [5.74, 6) is -0.167. The molecule has 0 bridgehead atoms. The van der Waals surface area contributed by atoms with Crippen LogP contribution in [0.3, 0.4) is 0 Å². The second-order valence-corrected chi connectivity index (χ2v) is 5.27. The van der Waals surface area contributed by atoms with Crippen molar-refractivity contribution < 1.29 is 14.6 Å². The standard InChI is InChI=1S/C16H23NO3/c1-2-14-5-3-10-17(14)11-4-12-20-15-8-6-13(7-9-15)16(18)19/h6-9,14H,2-5,10-12H2,1H3,(H,18,19). The van der Waals surface area contributed by atoms with Gasteiger partial charge in [0, 0.05) is 12.6 Å². The molecule has 2 rings (SSSR count). The van der Waals surface area contributed by atoms with Gasteiger partial charge in [-0.05, 0) is 56.5 Å². The maximum absolute atomic E-state index is 10.7. The average molecular weight is 277 g/mol. The summed E-state index contributed by atoms with van der Waals surface area (Å²) in [6.45, 7) is 5.24. The van der Waals surface area contributed by atoms with Gasteiger partial charge in [-0.1, -0.05) is 6.92 Å². The van der Waals surface area contributed by atoms with Crippen molar-refractivity contribution in [1.82, 2.24) is 4.90 Å². The number of carboxylic acid groups (broad SMARTS) is 1. The Morgan fingerprint density at radius 2 is 2.15 bits per heavy atom. The highest BCUT2D eigenvalue weighted by atomic mass is 16.5. The molecule has 20 heavy (non-hydrogen) atoms. The van der Waals surface area contributed by atoms with Gasteiger partial charge in [-0.25, -0.2) is 4.79 Å². The van der Waals surface area contributed by atoms with Crippen molar-refractivity contribution in [1.29, 1.82) is 0 Å². The number of nitrogens with zero attached hydrogens (tertiary/aromatic N) is 1. The van der Waals surface area contributed by atoms with Crippen molar-refractivity contribution >= 4 is 5.97 Å². The third-order valence-electron chi connectivity index (χ3n) is 3.93. The minimum atomic E-state index is -0.906. The van der Waals surface area contributed by atoms with Crippen LogP contribution in [0.15, 0.2) is 24.3 Å². The molecule has 1 N–H and O–H groups in total. The Kier molecular flexibility index (Phi) is 5.41. The summed E-state index contributed by atoms with van der Waals surface area (Å²) in [4.78, 5) is 13.3. The zero-order chi connectivity index (χ0) is 14.4. The van der Waals surface area contributed by atoms with E-state index in [4.69, 9.17) is 9.84 Å². The Hall–Kier alpha value is -1.55. The number of likely N-dealkylation sites (tertiary alicyclic amines) is 1. The zero-order valence-corrected chi connectivity index (χ0v) is 12.0. The molecule has 1 unspecified atom stereocenters. The Balaban J connectivity index is 1.69. The van der Waals surface area contributed by atoms with E-state index in [2.05, 4.69) is 11.8 Å². The van der Waals surface area contributed by atoms with Crippen molar-refractivity contribution in [2.45, 2.75) is 38.6 Å². The molecule has 1 atom stereocenters. The fourth-order valence-corrected chi connectivity index (χ4v) is 2.80. The molecule has 0 amide bonds. The lowest BCUT2D eigenvalue weighted by molar-refractivity contribution is 0.0697. The lowest BCUT2D eigenvalue weighted by atomic mass is 10.2. The number of carboxylic acids is 1. The maximum Gasteiger partial charge on any atom is 0.335 e. The SMILES string of the molecule is CCC1CCCN1CCCOc1ccc(C(=O)O)cc1. The lowest BCUT2D eigenvalue weighted by Crippen LogP contribution is -2.30.